The van der Waals surface area contributed by atoms with E-state index in [-0.39, 0.29) is 0 Å². The number of allylic oxidation sites excluding steroid dienone is 1. The molecule has 0 aliphatic rings. The summed E-state index contributed by atoms with van der Waals surface area (Å²) in [6.45, 7) is 0.840. The molecule has 0 fully saturated rings. The molecule has 0 aromatic carbocycles. The Morgan fingerprint density at radius 1 is 1.44 bits per heavy atom. The maximum absolute atomic E-state index is 11.3. The fourth-order valence-corrected chi connectivity index (χ4v) is 0.860. The third kappa shape index (κ3) is 7.85. The van der Waals surface area contributed by atoms with E-state index in [4.69, 9.17) is 4.43 Å². The summed E-state index contributed by atoms with van der Waals surface area (Å²) in [6, 6.07) is 0. The average Bonchev–Trinajstić information content (AvgIpc) is 1.89. The quantitative estimate of drug-likeness (QED) is 0.416. The summed E-state index contributed by atoms with van der Waals surface area (Å²) in [5.74, 6) is 0. The molecule has 0 aliphatic heterocycles. The van der Waals surface area contributed by atoms with Gasteiger partial charge in [-0.25, -0.2) is 4.39 Å². The summed E-state index contributed by atoms with van der Waals surface area (Å²) >= 11 is 0. The summed E-state index contributed by atoms with van der Waals surface area (Å²) in [4.78, 5) is 0. The Bertz CT molecular complexity index is 75.5. The number of unbranched alkanes of at least 4 members (excludes halogenated alkanes) is 2. The third-order valence-corrected chi connectivity index (χ3v) is 1.47. The molecule has 54 valence electrons. The SMILES string of the molecule is FC=CCCCCO[SiH3]. The standard InChI is InChI=1S/C6H13FOSi/c7-5-3-1-2-4-6-8-9/h3,5H,1-2,4,6H2,9H3. The number of rotatable bonds is 5. The molecule has 0 heterocycles. The van der Waals surface area contributed by atoms with Crippen LogP contribution in [0.5, 0.6) is 0 Å². The van der Waals surface area contributed by atoms with Gasteiger partial charge in [-0.2, -0.15) is 0 Å². The highest BCUT2D eigenvalue weighted by atomic mass is 28.2. The second kappa shape index (κ2) is 7.85. The topological polar surface area (TPSA) is 9.23 Å². The van der Waals surface area contributed by atoms with Gasteiger partial charge < -0.3 is 4.43 Å². The van der Waals surface area contributed by atoms with E-state index < -0.39 is 0 Å². The lowest BCUT2D eigenvalue weighted by Gasteiger charge is -1.94. The van der Waals surface area contributed by atoms with Crippen molar-refractivity contribution in [1.29, 1.82) is 0 Å². The number of hydrogen-bond donors (Lipinski definition) is 0. The van der Waals surface area contributed by atoms with Gasteiger partial charge in [-0.3, -0.25) is 0 Å². The van der Waals surface area contributed by atoms with E-state index >= 15 is 0 Å². The average molecular weight is 148 g/mol. The molecule has 0 N–H and O–H groups in total. The van der Waals surface area contributed by atoms with Crippen LogP contribution in [0.15, 0.2) is 12.4 Å². The lowest BCUT2D eigenvalue weighted by atomic mass is 10.2. The zero-order valence-electron chi connectivity index (χ0n) is 5.77. The molecule has 0 aliphatic carbocycles. The highest BCUT2D eigenvalue weighted by molar-refractivity contribution is 5.97. The molecule has 0 saturated carbocycles. The Morgan fingerprint density at radius 2 is 2.22 bits per heavy atom. The Balaban J connectivity index is 2.75. The molecule has 0 unspecified atom stereocenters. The van der Waals surface area contributed by atoms with Gasteiger partial charge in [0.1, 0.15) is 10.5 Å². The zero-order valence-corrected chi connectivity index (χ0v) is 7.77. The van der Waals surface area contributed by atoms with E-state index in [0.29, 0.717) is 6.33 Å². The summed E-state index contributed by atoms with van der Waals surface area (Å²) in [7, 11) is 0.816. The van der Waals surface area contributed by atoms with Crippen LogP contribution >= 0.6 is 0 Å². The van der Waals surface area contributed by atoms with E-state index in [1.807, 2.05) is 0 Å². The molecule has 0 spiro atoms. The molecule has 1 nitrogen and oxygen atoms in total. The molecule has 3 heteroatoms. The van der Waals surface area contributed by atoms with Crippen LogP contribution in [-0.2, 0) is 4.43 Å². The van der Waals surface area contributed by atoms with Gasteiger partial charge in [0.25, 0.3) is 0 Å². The lowest BCUT2D eigenvalue weighted by Crippen LogP contribution is -1.87. The van der Waals surface area contributed by atoms with Crippen molar-refractivity contribution < 1.29 is 8.82 Å². The van der Waals surface area contributed by atoms with Gasteiger partial charge in [0.05, 0.1) is 6.33 Å². The van der Waals surface area contributed by atoms with Crippen LogP contribution in [-0.4, -0.2) is 17.1 Å². The predicted molar refractivity (Wildman–Crippen MR) is 40.0 cm³/mol. The first kappa shape index (κ1) is 8.85. The van der Waals surface area contributed by atoms with Gasteiger partial charge in [-0.05, 0) is 19.3 Å². The Hall–Kier alpha value is -0.153. The smallest absolute Gasteiger partial charge is 0.145 e. The first-order valence-electron chi connectivity index (χ1n) is 3.16. The third-order valence-electron chi connectivity index (χ3n) is 1.06. The summed E-state index contributed by atoms with van der Waals surface area (Å²) in [5, 5.41) is 0. The predicted octanol–water partition coefficient (Wildman–Crippen LogP) is 0.937. The molecule has 0 saturated heterocycles. The van der Waals surface area contributed by atoms with Gasteiger partial charge in [0.15, 0.2) is 0 Å². The van der Waals surface area contributed by atoms with Crippen molar-refractivity contribution in [2.45, 2.75) is 19.3 Å². The lowest BCUT2D eigenvalue weighted by molar-refractivity contribution is 0.336. The van der Waals surface area contributed by atoms with Gasteiger partial charge in [0.2, 0.25) is 0 Å². The molecule has 0 amide bonds. The molecule has 9 heavy (non-hydrogen) atoms. The molecule has 0 atom stereocenters. The van der Waals surface area contributed by atoms with Crippen LogP contribution < -0.4 is 0 Å². The molecular weight excluding hydrogens is 135 g/mol. The van der Waals surface area contributed by atoms with Crippen LogP contribution in [0.3, 0.4) is 0 Å². The molecule has 0 aromatic rings. The van der Waals surface area contributed by atoms with Crippen LogP contribution in [0.4, 0.5) is 4.39 Å². The normalized spacial score (nSPS) is 11.2. The van der Waals surface area contributed by atoms with Gasteiger partial charge in [-0.15, -0.1) is 0 Å². The van der Waals surface area contributed by atoms with Crippen LogP contribution in [0.25, 0.3) is 0 Å². The minimum absolute atomic E-state index is 0.599. The van der Waals surface area contributed by atoms with E-state index in [9.17, 15) is 4.39 Å². The van der Waals surface area contributed by atoms with Crippen molar-refractivity contribution in [1.82, 2.24) is 0 Å². The van der Waals surface area contributed by atoms with E-state index in [2.05, 4.69) is 0 Å². The zero-order chi connectivity index (χ0) is 6.95. The fraction of sp³-hybridized carbons (Fsp3) is 0.667. The Morgan fingerprint density at radius 3 is 2.78 bits per heavy atom. The highest BCUT2D eigenvalue weighted by Crippen LogP contribution is 1.95. The van der Waals surface area contributed by atoms with Crippen molar-refractivity contribution in [3.05, 3.63) is 12.4 Å². The minimum Gasteiger partial charge on any atom is -0.428 e. The minimum atomic E-state index is 0.599. The van der Waals surface area contributed by atoms with E-state index in [1.54, 1.807) is 0 Å². The van der Waals surface area contributed by atoms with Crippen molar-refractivity contribution in [2.75, 3.05) is 6.61 Å². The van der Waals surface area contributed by atoms with Gasteiger partial charge in [0, 0.05) is 6.61 Å². The molecule has 0 bridgehead atoms. The fourth-order valence-electron chi connectivity index (χ4n) is 0.572. The molecule has 0 radical (unpaired) electrons. The number of hydrogen-bond acceptors (Lipinski definition) is 1. The van der Waals surface area contributed by atoms with Crippen molar-refractivity contribution in [2.24, 2.45) is 0 Å². The van der Waals surface area contributed by atoms with Crippen molar-refractivity contribution >= 4 is 10.5 Å². The van der Waals surface area contributed by atoms with Crippen molar-refractivity contribution in [3.8, 4) is 0 Å². The molecular formula is C6H13FOSi. The number of halogens is 1. The molecule has 0 rings (SSSR count). The van der Waals surface area contributed by atoms with Crippen LogP contribution in [0, 0.1) is 0 Å². The van der Waals surface area contributed by atoms with Crippen LogP contribution in [0.1, 0.15) is 19.3 Å². The maximum atomic E-state index is 11.3. The monoisotopic (exact) mass is 148 g/mol. The van der Waals surface area contributed by atoms with Gasteiger partial charge in [-0.1, -0.05) is 6.08 Å². The van der Waals surface area contributed by atoms with Crippen molar-refractivity contribution in [3.63, 3.8) is 0 Å². The van der Waals surface area contributed by atoms with E-state index in [1.165, 1.54) is 6.08 Å². The maximum Gasteiger partial charge on any atom is 0.145 e. The largest absolute Gasteiger partial charge is 0.428 e. The second-order valence-corrected chi connectivity index (χ2v) is 2.43. The van der Waals surface area contributed by atoms with E-state index in [0.717, 1.165) is 36.4 Å². The first-order chi connectivity index (χ1) is 4.41. The molecule has 0 aromatic heterocycles. The Kier molecular flexibility index (Phi) is 7.71. The van der Waals surface area contributed by atoms with Crippen LogP contribution in [0.2, 0.25) is 0 Å². The van der Waals surface area contributed by atoms with Gasteiger partial charge >= 0.3 is 0 Å². The second-order valence-electron chi connectivity index (χ2n) is 1.85. The first-order valence-corrected chi connectivity index (χ1v) is 3.97. The summed E-state index contributed by atoms with van der Waals surface area (Å²) in [5.41, 5.74) is 0. The summed E-state index contributed by atoms with van der Waals surface area (Å²) in [6.07, 6.45) is 5.05. The summed E-state index contributed by atoms with van der Waals surface area (Å²) < 4.78 is 16.2. The highest BCUT2D eigenvalue weighted by Gasteiger charge is 1.82. The Labute approximate surface area is 58.4 Å².